The Balaban J connectivity index is 1.43. The molecular formula is C17H26N4O2. The quantitative estimate of drug-likeness (QED) is 0.848. The summed E-state index contributed by atoms with van der Waals surface area (Å²) in [5.74, 6) is 0.0739. The van der Waals surface area contributed by atoms with Crippen molar-refractivity contribution < 1.29 is 9.53 Å². The Hall–Kier alpha value is -1.50. The predicted octanol–water partition coefficient (Wildman–Crippen LogP) is 0.539. The van der Waals surface area contributed by atoms with E-state index in [0.29, 0.717) is 6.61 Å². The van der Waals surface area contributed by atoms with Crippen molar-refractivity contribution in [2.75, 3.05) is 26.2 Å². The number of morpholine rings is 1. The number of pyridine rings is 1. The number of amides is 1. The maximum Gasteiger partial charge on any atom is 0.240 e. The summed E-state index contributed by atoms with van der Waals surface area (Å²) in [7, 11) is 0. The summed E-state index contributed by atoms with van der Waals surface area (Å²) >= 11 is 0. The number of aromatic nitrogens is 1. The highest BCUT2D eigenvalue weighted by Crippen LogP contribution is 2.14. The molecule has 0 unspecified atom stereocenters. The second-order valence-electron chi connectivity index (χ2n) is 6.42. The van der Waals surface area contributed by atoms with Gasteiger partial charge < -0.3 is 15.4 Å². The van der Waals surface area contributed by atoms with Gasteiger partial charge in [0, 0.05) is 44.6 Å². The highest BCUT2D eigenvalue weighted by Gasteiger charge is 2.30. The summed E-state index contributed by atoms with van der Waals surface area (Å²) in [5, 5.41) is 6.43. The lowest BCUT2D eigenvalue weighted by Gasteiger charge is -2.35. The predicted molar refractivity (Wildman–Crippen MR) is 87.9 cm³/mol. The van der Waals surface area contributed by atoms with E-state index < -0.39 is 0 Å². The molecule has 2 fully saturated rings. The molecule has 0 saturated carbocycles. The smallest absolute Gasteiger partial charge is 0.240 e. The van der Waals surface area contributed by atoms with Gasteiger partial charge in [-0.25, -0.2) is 0 Å². The second-order valence-corrected chi connectivity index (χ2v) is 6.42. The monoisotopic (exact) mass is 318 g/mol. The van der Waals surface area contributed by atoms with Crippen LogP contribution in [0.3, 0.4) is 0 Å². The van der Waals surface area contributed by atoms with Gasteiger partial charge in [-0.1, -0.05) is 0 Å². The van der Waals surface area contributed by atoms with Crippen LogP contribution in [0, 0.1) is 0 Å². The molecule has 0 bridgehead atoms. The fourth-order valence-electron chi connectivity index (χ4n) is 3.30. The van der Waals surface area contributed by atoms with Gasteiger partial charge >= 0.3 is 0 Å². The zero-order valence-electron chi connectivity index (χ0n) is 13.7. The fourth-order valence-corrected chi connectivity index (χ4v) is 3.30. The molecule has 2 N–H and O–H groups in total. The van der Waals surface area contributed by atoms with E-state index >= 15 is 0 Å². The molecule has 2 saturated heterocycles. The molecule has 2 aliphatic rings. The van der Waals surface area contributed by atoms with Crippen LogP contribution >= 0.6 is 0 Å². The van der Waals surface area contributed by atoms with Crippen LogP contribution in [0.2, 0.25) is 0 Å². The molecule has 3 heterocycles. The molecule has 0 aliphatic carbocycles. The molecule has 2 aliphatic heterocycles. The number of carbonyl (C=O) groups is 1. The van der Waals surface area contributed by atoms with E-state index in [2.05, 4.69) is 32.7 Å². The van der Waals surface area contributed by atoms with Crippen molar-refractivity contribution >= 4 is 5.91 Å². The lowest BCUT2D eigenvalue weighted by molar-refractivity contribution is -0.130. The first-order valence-corrected chi connectivity index (χ1v) is 8.49. The van der Waals surface area contributed by atoms with Gasteiger partial charge in [0.2, 0.25) is 5.91 Å². The molecule has 126 valence electrons. The standard InChI is InChI=1S/C17H26N4O2/c1-13-16(19-8-11-23-13)17(22)20-15-4-9-21(10-5-15)12-14-2-6-18-7-3-14/h2-3,6-7,13,15-16,19H,4-5,8-12H2,1H3,(H,20,22)/t13-,16+/m1/s1. The van der Waals surface area contributed by atoms with E-state index in [0.717, 1.165) is 39.0 Å². The van der Waals surface area contributed by atoms with Crippen LogP contribution in [-0.2, 0) is 16.1 Å². The van der Waals surface area contributed by atoms with Crippen LogP contribution < -0.4 is 10.6 Å². The molecule has 0 radical (unpaired) electrons. The summed E-state index contributed by atoms with van der Waals surface area (Å²) in [6.45, 7) is 6.35. The van der Waals surface area contributed by atoms with Gasteiger partial charge in [0.25, 0.3) is 0 Å². The minimum atomic E-state index is -0.224. The molecule has 3 rings (SSSR count). The number of nitrogens with one attached hydrogen (secondary N) is 2. The van der Waals surface area contributed by atoms with E-state index in [1.165, 1.54) is 5.56 Å². The van der Waals surface area contributed by atoms with Crippen molar-refractivity contribution in [3.05, 3.63) is 30.1 Å². The zero-order valence-corrected chi connectivity index (χ0v) is 13.7. The van der Waals surface area contributed by atoms with Crippen LogP contribution in [0.25, 0.3) is 0 Å². The van der Waals surface area contributed by atoms with Crippen LogP contribution in [0.1, 0.15) is 25.3 Å². The van der Waals surface area contributed by atoms with E-state index in [1.807, 2.05) is 19.3 Å². The summed E-state index contributed by atoms with van der Waals surface area (Å²) in [6, 6.07) is 4.17. The first-order chi connectivity index (χ1) is 11.2. The molecule has 6 nitrogen and oxygen atoms in total. The number of carbonyl (C=O) groups excluding carboxylic acids is 1. The minimum Gasteiger partial charge on any atom is -0.375 e. The Bertz CT molecular complexity index is 503. The van der Waals surface area contributed by atoms with Gasteiger partial charge in [-0.3, -0.25) is 14.7 Å². The van der Waals surface area contributed by atoms with Crippen molar-refractivity contribution in [3.63, 3.8) is 0 Å². The molecule has 1 aromatic rings. The molecule has 0 aromatic carbocycles. The highest BCUT2D eigenvalue weighted by atomic mass is 16.5. The topological polar surface area (TPSA) is 66.5 Å². The number of rotatable bonds is 4. The largest absolute Gasteiger partial charge is 0.375 e. The van der Waals surface area contributed by atoms with Crippen molar-refractivity contribution in [2.24, 2.45) is 0 Å². The molecule has 1 amide bonds. The molecular weight excluding hydrogens is 292 g/mol. The van der Waals surface area contributed by atoms with Crippen molar-refractivity contribution in [2.45, 2.75) is 44.5 Å². The number of nitrogens with zero attached hydrogens (tertiary/aromatic N) is 2. The third kappa shape index (κ3) is 4.50. The van der Waals surface area contributed by atoms with Crippen LogP contribution in [0.4, 0.5) is 0 Å². The van der Waals surface area contributed by atoms with E-state index in [-0.39, 0.29) is 24.1 Å². The molecule has 23 heavy (non-hydrogen) atoms. The summed E-state index contributed by atoms with van der Waals surface area (Å²) in [6.07, 6.45) is 5.61. The Labute approximate surface area is 137 Å². The number of ether oxygens (including phenoxy) is 1. The SMILES string of the molecule is C[C@H]1OCCN[C@@H]1C(=O)NC1CCN(Cc2ccncc2)CC1. The van der Waals surface area contributed by atoms with Crippen LogP contribution in [0.5, 0.6) is 0 Å². The van der Waals surface area contributed by atoms with Crippen molar-refractivity contribution in [3.8, 4) is 0 Å². The summed E-state index contributed by atoms with van der Waals surface area (Å²) in [4.78, 5) is 18.9. The minimum absolute atomic E-state index is 0.0597. The lowest BCUT2D eigenvalue weighted by atomic mass is 10.0. The zero-order chi connectivity index (χ0) is 16.1. The number of likely N-dealkylation sites (tertiary alicyclic amines) is 1. The van der Waals surface area contributed by atoms with Gasteiger partial charge in [-0.15, -0.1) is 0 Å². The molecule has 2 atom stereocenters. The normalized spacial score (nSPS) is 26.8. The first-order valence-electron chi connectivity index (χ1n) is 8.49. The van der Waals surface area contributed by atoms with Gasteiger partial charge in [0.05, 0.1) is 12.7 Å². The van der Waals surface area contributed by atoms with Crippen LogP contribution in [0.15, 0.2) is 24.5 Å². The Morgan fingerprint density at radius 2 is 2.13 bits per heavy atom. The number of hydrogen-bond acceptors (Lipinski definition) is 5. The second kappa shape index (κ2) is 7.86. The lowest BCUT2D eigenvalue weighted by Crippen LogP contribution is -2.58. The molecule has 6 heteroatoms. The summed E-state index contributed by atoms with van der Waals surface area (Å²) < 4.78 is 5.55. The first kappa shape index (κ1) is 16.4. The third-order valence-electron chi connectivity index (χ3n) is 4.69. The molecule has 1 aromatic heterocycles. The highest BCUT2D eigenvalue weighted by molar-refractivity contribution is 5.82. The van der Waals surface area contributed by atoms with Gasteiger partial charge in [0.1, 0.15) is 6.04 Å². The third-order valence-corrected chi connectivity index (χ3v) is 4.69. The van der Waals surface area contributed by atoms with Gasteiger partial charge in [-0.05, 0) is 37.5 Å². The van der Waals surface area contributed by atoms with Crippen LogP contribution in [-0.4, -0.2) is 60.2 Å². The molecule has 0 spiro atoms. The van der Waals surface area contributed by atoms with Gasteiger partial charge in [0.15, 0.2) is 0 Å². The maximum absolute atomic E-state index is 12.4. The Morgan fingerprint density at radius 1 is 1.39 bits per heavy atom. The van der Waals surface area contributed by atoms with E-state index in [9.17, 15) is 4.79 Å². The van der Waals surface area contributed by atoms with E-state index in [1.54, 1.807) is 0 Å². The average Bonchev–Trinajstić information content (AvgIpc) is 2.58. The average molecular weight is 318 g/mol. The van der Waals surface area contributed by atoms with Gasteiger partial charge in [-0.2, -0.15) is 0 Å². The van der Waals surface area contributed by atoms with Crippen molar-refractivity contribution in [1.82, 2.24) is 20.5 Å². The fraction of sp³-hybridized carbons (Fsp3) is 0.647. The number of hydrogen-bond donors (Lipinski definition) is 2. The van der Waals surface area contributed by atoms with E-state index in [4.69, 9.17) is 4.74 Å². The Morgan fingerprint density at radius 3 is 2.83 bits per heavy atom. The Kier molecular flexibility index (Phi) is 5.59. The summed E-state index contributed by atoms with van der Waals surface area (Å²) in [5.41, 5.74) is 1.29. The maximum atomic E-state index is 12.4. The number of piperidine rings is 1. The van der Waals surface area contributed by atoms with Crippen molar-refractivity contribution in [1.29, 1.82) is 0 Å².